The fourth-order valence-corrected chi connectivity index (χ4v) is 2.48. The molecule has 0 radical (unpaired) electrons. The highest BCUT2D eigenvalue weighted by atomic mass is 35.5. The topological polar surface area (TPSA) is 38.7 Å². The van der Waals surface area contributed by atoms with E-state index in [1.807, 2.05) is 6.07 Å². The third-order valence-electron chi connectivity index (χ3n) is 3.26. The molecule has 1 aromatic carbocycles. The van der Waals surface area contributed by atoms with E-state index in [0.717, 1.165) is 24.8 Å². The van der Waals surface area contributed by atoms with E-state index >= 15 is 0 Å². The van der Waals surface area contributed by atoms with Crippen molar-refractivity contribution in [3.8, 4) is 11.5 Å². The number of fused-ring (bicyclic) bond motifs is 1. The third-order valence-corrected chi connectivity index (χ3v) is 3.54. The van der Waals surface area contributed by atoms with Crippen LogP contribution in [0.5, 0.6) is 11.5 Å². The number of hydrogen-bond acceptors (Lipinski definition) is 3. The monoisotopic (exact) mass is 284 g/mol. The van der Waals surface area contributed by atoms with E-state index in [2.05, 4.69) is 13.8 Å². The van der Waals surface area contributed by atoms with Crippen LogP contribution in [0.3, 0.4) is 0 Å². The Morgan fingerprint density at radius 2 is 1.95 bits per heavy atom. The maximum Gasteiger partial charge on any atom is 0.179 e. The molecule has 0 spiro atoms. The molecule has 1 aliphatic heterocycles. The van der Waals surface area contributed by atoms with Crippen molar-refractivity contribution in [2.45, 2.75) is 39.2 Å². The van der Waals surface area contributed by atoms with Crippen molar-refractivity contribution in [1.29, 1.82) is 0 Å². The third kappa shape index (κ3) is 3.77. The van der Waals surface area contributed by atoms with Crippen molar-refractivity contribution < 1.29 is 14.6 Å². The van der Waals surface area contributed by atoms with Crippen molar-refractivity contribution in [3.63, 3.8) is 0 Å². The first-order chi connectivity index (χ1) is 9.08. The minimum Gasteiger partial charge on any atom is -0.486 e. The standard InChI is InChI=1S/C15H21ClO3/c1-10(2)4-3-5-13(17)11-8-12(16)15-14(9-11)18-6-7-19-15/h8-10,13,17H,3-7H2,1-2H3. The van der Waals surface area contributed by atoms with E-state index in [-0.39, 0.29) is 0 Å². The van der Waals surface area contributed by atoms with Gasteiger partial charge in [0.1, 0.15) is 13.2 Å². The van der Waals surface area contributed by atoms with Gasteiger partial charge in [-0.15, -0.1) is 0 Å². The quantitative estimate of drug-likeness (QED) is 0.889. The largest absolute Gasteiger partial charge is 0.486 e. The molecule has 1 aromatic rings. The lowest BCUT2D eigenvalue weighted by Gasteiger charge is -2.21. The van der Waals surface area contributed by atoms with Gasteiger partial charge in [0.15, 0.2) is 11.5 Å². The molecule has 0 saturated carbocycles. The minimum atomic E-state index is -0.493. The number of hydrogen-bond donors (Lipinski definition) is 1. The summed E-state index contributed by atoms with van der Waals surface area (Å²) in [5, 5.41) is 10.7. The molecule has 1 aliphatic rings. The summed E-state index contributed by atoms with van der Waals surface area (Å²) >= 11 is 6.16. The number of rotatable bonds is 5. The summed E-state index contributed by atoms with van der Waals surface area (Å²) in [7, 11) is 0. The van der Waals surface area contributed by atoms with E-state index in [9.17, 15) is 5.11 Å². The zero-order chi connectivity index (χ0) is 13.8. The highest BCUT2D eigenvalue weighted by Gasteiger charge is 2.19. The van der Waals surface area contributed by atoms with Crippen molar-refractivity contribution in [1.82, 2.24) is 0 Å². The SMILES string of the molecule is CC(C)CCCC(O)c1cc(Cl)c2c(c1)OCCO2. The molecule has 0 aliphatic carbocycles. The number of aliphatic hydroxyl groups is 1. The normalized spacial score (nSPS) is 15.6. The van der Waals surface area contributed by atoms with E-state index in [1.54, 1.807) is 6.07 Å². The molecule has 106 valence electrons. The van der Waals surface area contributed by atoms with Crippen LogP contribution >= 0.6 is 11.6 Å². The number of ether oxygens (including phenoxy) is 2. The molecule has 1 atom stereocenters. The zero-order valence-corrected chi connectivity index (χ0v) is 12.2. The van der Waals surface area contributed by atoms with Crippen LogP contribution in [0.1, 0.15) is 44.8 Å². The average Bonchev–Trinajstić information content (AvgIpc) is 2.38. The Kier molecular flexibility index (Phi) is 4.94. The second kappa shape index (κ2) is 6.49. The van der Waals surface area contributed by atoms with Gasteiger partial charge in [0.25, 0.3) is 0 Å². The first-order valence-electron chi connectivity index (χ1n) is 6.85. The highest BCUT2D eigenvalue weighted by Crippen LogP contribution is 2.40. The Balaban J connectivity index is 2.05. The molecule has 4 heteroatoms. The van der Waals surface area contributed by atoms with Crippen LogP contribution in [0.4, 0.5) is 0 Å². The lowest BCUT2D eigenvalue weighted by molar-refractivity contribution is 0.156. The zero-order valence-electron chi connectivity index (χ0n) is 11.5. The van der Waals surface area contributed by atoms with Crippen molar-refractivity contribution >= 4 is 11.6 Å². The lowest BCUT2D eigenvalue weighted by atomic mass is 10.00. The summed E-state index contributed by atoms with van der Waals surface area (Å²) in [6.45, 7) is 5.42. The molecule has 0 saturated heterocycles. The predicted molar refractivity (Wildman–Crippen MR) is 76.1 cm³/mol. The second-order valence-corrected chi connectivity index (χ2v) is 5.77. The summed E-state index contributed by atoms with van der Waals surface area (Å²) in [4.78, 5) is 0. The van der Waals surface area contributed by atoms with Gasteiger partial charge in [-0.1, -0.05) is 38.3 Å². The molecule has 0 bridgehead atoms. The summed E-state index contributed by atoms with van der Waals surface area (Å²) in [6.07, 6.45) is 2.38. The van der Waals surface area contributed by atoms with E-state index in [0.29, 0.717) is 35.7 Å². The molecule has 0 aromatic heterocycles. The van der Waals surface area contributed by atoms with E-state index in [1.165, 1.54) is 0 Å². The highest BCUT2D eigenvalue weighted by molar-refractivity contribution is 6.32. The Hall–Kier alpha value is -0.930. The maximum atomic E-state index is 10.2. The van der Waals surface area contributed by atoms with Crippen LogP contribution in [0.25, 0.3) is 0 Å². The molecule has 2 rings (SSSR count). The van der Waals surface area contributed by atoms with Crippen LogP contribution in [0, 0.1) is 5.92 Å². The smallest absolute Gasteiger partial charge is 0.179 e. The van der Waals surface area contributed by atoms with Gasteiger partial charge >= 0.3 is 0 Å². The fourth-order valence-electron chi connectivity index (χ4n) is 2.21. The maximum absolute atomic E-state index is 10.2. The Labute approximate surface area is 119 Å². The van der Waals surface area contributed by atoms with Crippen LogP contribution in [-0.4, -0.2) is 18.3 Å². The summed E-state index contributed by atoms with van der Waals surface area (Å²) in [6, 6.07) is 3.61. The Morgan fingerprint density at radius 3 is 2.68 bits per heavy atom. The average molecular weight is 285 g/mol. The van der Waals surface area contributed by atoms with Gasteiger partial charge in [-0.05, 0) is 30.0 Å². The van der Waals surface area contributed by atoms with Gasteiger partial charge in [0, 0.05) is 0 Å². The molecule has 0 fully saturated rings. The van der Waals surface area contributed by atoms with Crippen molar-refractivity contribution in [3.05, 3.63) is 22.7 Å². The molecule has 3 nitrogen and oxygen atoms in total. The van der Waals surface area contributed by atoms with Crippen molar-refractivity contribution in [2.24, 2.45) is 5.92 Å². The van der Waals surface area contributed by atoms with Gasteiger partial charge in [-0.3, -0.25) is 0 Å². The van der Waals surface area contributed by atoms with Gasteiger partial charge in [0.2, 0.25) is 0 Å². The molecule has 19 heavy (non-hydrogen) atoms. The van der Waals surface area contributed by atoms with Gasteiger partial charge < -0.3 is 14.6 Å². The second-order valence-electron chi connectivity index (χ2n) is 5.37. The van der Waals surface area contributed by atoms with Crippen LogP contribution < -0.4 is 9.47 Å². The first-order valence-corrected chi connectivity index (χ1v) is 7.23. The molecule has 1 N–H and O–H groups in total. The van der Waals surface area contributed by atoms with Crippen molar-refractivity contribution in [2.75, 3.05) is 13.2 Å². The summed E-state index contributed by atoms with van der Waals surface area (Å²) in [5.41, 5.74) is 0.804. The van der Waals surface area contributed by atoms with Crippen LogP contribution in [0.2, 0.25) is 5.02 Å². The van der Waals surface area contributed by atoms with Crippen LogP contribution in [0.15, 0.2) is 12.1 Å². The summed E-state index contributed by atoms with van der Waals surface area (Å²) in [5.74, 6) is 1.89. The predicted octanol–water partition coefficient (Wildman–Crippen LogP) is 3.97. The van der Waals surface area contributed by atoms with Gasteiger partial charge in [-0.2, -0.15) is 0 Å². The molecular weight excluding hydrogens is 264 g/mol. The molecule has 0 amide bonds. The fraction of sp³-hybridized carbons (Fsp3) is 0.600. The number of benzene rings is 1. The lowest BCUT2D eigenvalue weighted by Crippen LogP contribution is -2.16. The van der Waals surface area contributed by atoms with E-state index in [4.69, 9.17) is 21.1 Å². The van der Waals surface area contributed by atoms with E-state index < -0.39 is 6.10 Å². The molecule has 1 unspecified atom stereocenters. The van der Waals surface area contributed by atoms with Crippen LogP contribution in [-0.2, 0) is 0 Å². The Bertz CT molecular complexity index is 432. The molecular formula is C15H21ClO3. The minimum absolute atomic E-state index is 0.493. The first kappa shape index (κ1) is 14.5. The summed E-state index contributed by atoms with van der Waals surface area (Å²) < 4.78 is 11.0. The molecule has 1 heterocycles. The van der Waals surface area contributed by atoms with Gasteiger partial charge in [-0.25, -0.2) is 0 Å². The Morgan fingerprint density at radius 1 is 1.21 bits per heavy atom. The number of halogens is 1. The number of aliphatic hydroxyl groups excluding tert-OH is 1. The van der Waals surface area contributed by atoms with Gasteiger partial charge in [0.05, 0.1) is 11.1 Å².